The smallest absolute Gasteiger partial charge is 0.343 e. The van der Waals surface area contributed by atoms with Gasteiger partial charge in [-0.25, -0.2) is 0 Å². The topological polar surface area (TPSA) is 91.0 Å². The Morgan fingerprint density at radius 1 is 1.33 bits per heavy atom. The van der Waals surface area contributed by atoms with E-state index in [0.29, 0.717) is 25.9 Å². The van der Waals surface area contributed by atoms with E-state index in [9.17, 15) is 22.8 Å². The number of carbonyl (C=O) groups is 2. The van der Waals surface area contributed by atoms with Crippen LogP contribution in [0.5, 0.6) is 0 Å². The van der Waals surface area contributed by atoms with E-state index in [-0.39, 0.29) is 11.8 Å². The van der Waals surface area contributed by atoms with Gasteiger partial charge in [0.05, 0.1) is 0 Å². The van der Waals surface area contributed by atoms with Gasteiger partial charge in [0.1, 0.15) is 0 Å². The number of aromatic amines is 1. The summed E-state index contributed by atoms with van der Waals surface area (Å²) in [5, 5.41) is 7.28. The first kappa shape index (κ1) is 15.3. The van der Waals surface area contributed by atoms with Crippen LogP contribution in [0.15, 0.2) is 0 Å². The van der Waals surface area contributed by atoms with Gasteiger partial charge in [-0.3, -0.25) is 20.0 Å². The summed E-state index contributed by atoms with van der Waals surface area (Å²) in [6.07, 6.45) is -3.72. The normalized spacial score (nSPS) is 16.9. The van der Waals surface area contributed by atoms with Crippen LogP contribution in [0.3, 0.4) is 0 Å². The Bertz CT molecular complexity index is 534. The molecule has 0 radical (unpaired) electrons. The van der Waals surface area contributed by atoms with E-state index < -0.39 is 23.9 Å². The van der Waals surface area contributed by atoms with Gasteiger partial charge >= 0.3 is 6.18 Å². The molecule has 0 saturated carbocycles. The minimum atomic E-state index is -4.64. The molecule has 2 heterocycles. The largest absolute Gasteiger partial charge is 0.451 e. The summed E-state index contributed by atoms with van der Waals surface area (Å²) in [7, 11) is 0. The summed E-state index contributed by atoms with van der Waals surface area (Å²) in [4.78, 5) is 27.9. The molecule has 0 aromatic carbocycles. The molecule has 2 N–H and O–H groups in total. The maximum atomic E-state index is 12.3. The van der Waals surface area contributed by atoms with Gasteiger partial charge in [-0.2, -0.15) is 18.2 Å². The highest BCUT2D eigenvalue weighted by molar-refractivity contribution is 5.91. The highest BCUT2D eigenvalue weighted by atomic mass is 19.4. The second-order valence-electron chi connectivity index (χ2n) is 4.77. The molecule has 1 fully saturated rings. The van der Waals surface area contributed by atoms with E-state index in [2.05, 4.69) is 15.4 Å². The highest BCUT2D eigenvalue weighted by Gasteiger charge is 2.35. The molecule has 2 amide bonds. The predicted octanol–water partition coefficient (Wildman–Crippen LogP) is 1.02. The molecule has 0 bridgehead atoms. The van der Waals surface area contributed by atoms with E-state index in [0.717, 1.165) is 0 Å². The minimum Gasteiger partial charge on any atom is -0.343 e. The first-order valence-corrected chi connectivity index (χ1v) is 6.33. The fourth-order valence-corrected chi connectivity index (χ4v) is 2.11. The first-order chi connectivity index (χ1) is 9.77. The molecule has 7 nitrogen and oxygen atoms in total. The lowest BCUT2D eigenvalue weighted by Crippen LogP contribution is -2.40. The van der Waals surface area contributed by atoms with Gasteiger partial charge in [0.15, 0.2) is 0 Å². The van der Waals surface area contributed by atoms with E-state index in [1.54, 1.807) is 10.00 Å². The third-order valence-electron chi connectivity index (χ3n) is 3.30. The number of rotatable bonds is 2. The molecule has 2 rings (SSSR count). The van der Waals surface area contributed by atoms with Crippen LogP contribution >= 0.6 is 0 Å². The number of nitrogens with zero attached hydrogens (tertiary/aromatic N) is 3. The number of aromatic nitrogens is 3. The van der Waals surface area contributed by atoms with Gasteiger partial charge in [0, 0.05) is 25.9 Å². The van der Waals surface area contributed by atoms with Crippen LogP contribution in [-0.2, 0) is 15.8 Å². The molecule has 0 aliphatic carbocycles. The molecule has 1 aromatic rings. The van der Waals surface area contributed by atoms with Crippen molar-refractivity contribution in [3.8, 4) is 0 Å². The zero-order valence-electron chi connectivity index (χ0n) is 11.2. The van der Waals surface area contributed by atoms with Crippen molar-refractivity contribution in [1.82, 2.24) is 20.1 Å². The lowest BCUT2D eigenvalue weighted by molar-refractivity contribution is -0.144. The third kappa shape index (κ3) is 3.70. The van der Waals surface area contributed by atoms with Crippen molar-refractivity contribution in [3.05, 3.63) is 5.82 Å². The van der Waals surface area contributed by atoms with Crippen LogP contribution in [0.25, 0.3) is 0 Å². The Labute approximate surface area is 117 Å². The summed E-state index contributed by atoms with van der Waals surface area (Å²) in [6.45, 7) is 2.36. The monoisotopic (exact) mass is 305 g/mol. The maximum Gasteiger partial charge on any atom is 0.451 e. The zero-order valence-corrected chi connectivity index (χ0v) is 11.2. The number of halogens is 3. The molecule has 0 spiro atoms. The van der Waals surface area contributed by atoms with Gasteiger partial charge in [-0.1, -0.05) is 0 Å². The average molecular weight is 305 g/mol. The number of amides is 2. The number of H-pyrrole nitrogens is 1. The Kier molecular flexibility index (Phi) is 4.14. The fraction of sp³-hybridized carbons (Fsp3) is 0.636. The average Bonchev–Trinajstić information content (AvgIpc) is 2.87. The summed E-state index contributed by atoms with van der Waals surface area (Å²) < 4.78 is 37.0. The standard InChI is InChI=1S/C11H14F3N5O2/c1-6(20)19-4-2-7(3-5-19)8(21)15-10-16-9(17-18-10)11(12,13)14/h7H,2-5H2,1H3,(H2,15,16,17,18,21). The molecular formula is C11H14F3N5O2. The molecule has 116 valence electrons. The number of likely N-dealkylation sites (tertiary alicyclic amines) is 1. The van der Waals surface area contributed by atoms with Gasteiger partial charge < -0.3 is 4.90 Å². The number of anilines is 1. The fourth-order valence-electron chi connectivity index (χ4n) is 2.11. The van der Waals surface area contributed by atoms with Crippen LogP contribution in [0.1, 0.15) is 25.6 Å². The third-order valence-corrected chi connectivity index (χ3v) is 3.30. The van der Waals surface area contributed by atoms with Crippen molar-refractivity contribution in [2.75, 3.05) is 18.4 Å². The molecule has 0 atom stereocenters. The summed E-state index contributed by atoms with van der Waals surface area (Å²) in [5.41, 5.74) is 0. The molecule has 10 heteroatoms. The lowest BCUT2D eigenvalue weighted by Gasteiger charge is -2.30. The van der Waals surface area contributed by atoms with E-state index in [1.165, 1.54) is 6.92 Å². The van der Waals surface area contributed by atoms with Crippen LogP contribution < -0.4 is 5.32 Å². The number of hydrogen-bond acceptors (Lipinski definition) is 4. The van der Waals surface area contributed by atoms with Crippen LogP contribution in [0.4, 0.5) is 19.1 Å². The second kappa shape index (κ2) is 5.70. The summed E-state index contributed by atoms with van der Waals surface area (Å²) >= 11 is 0. The highest BCUT2D eigenvalue weighted by Crippen LogP contribution is 2.26. The van der Waals surface area contributed by atoms with Gasteiger partial charge in [0.2, 0.25) is 23.6 Å². The maximum absolute atomic E-state index is 12.3. The molecule has 1 aliphatic heterocycles. The molecule has 0 unspecified atom stereocenters. The Morgan fingerprint density at radius 2 is 1.95 bits per heavy atom. The quantitative estimate of drug-likeness (QED) is 0.853. The number of alkyl halides is 3. The molecule has 1 aromatic heterocycles. The van der Waals surface area contributed by atoms with Gasteiger partial charge in [-0.15, -0.1) is 5.10 Å². The van der Waals surface area contributed by atoms with Crippen molar-refractivity contribution in [3.63, 3.8) is 0 Å². The molecule has 21 heavy (non-hydrogen) atoms. The van der Waals surface area contributed by atoms with Crippen LogP contribution in [-0.4, -0.2) is 45.0 Å². The SMILES string of the molecule is CC(=O)N1CCC(C(=O)Nc2n[nH]c(C(F)(F)F)n2)CC1. The summed E-state index contributed by atoms with van der Waals surface area (Å²) in [6, 6.07) is 0. The Balaban J connectivity index is 1.91. The number of hydrogen-bond donors (Lipinski definition) is 2. The predicted molar refractivity (Wildman–Crippen MR) is 65.0 cm³/mol. The number of piperidine rings is 1. The van der Waals surface area contributed by atoms with E-state index >= 15 is 0 Å². The molecule has 1 saturated heterocycles. The van der Waals surface area contributed by atoms with Gasteiger partial charge in [0.25, 0.3) is 0 Å². The molecule has 1 aliphatic rings. The lowest BCUT2D eigenvalue weighted by atomic mass is 9.96. The van der Waals surface area contributed by atoms with E-state index in [1.807, 2.05) is 0 Å². The van der Waals surface area contributed by atoms with Crippen LogP contribution in [0, 0.1) is 5.92 Å². The Hall–Kier alpha value is -2.13. The molecular weight excluding hydrogens is 291 g/mol. The number of nitrogens with one attached hydrogen (secondary N) is 2. The summed E-state index contributed by atoms with van der Waals surface area (Å²) in [5.74, 6) is -2.53. The van der Waals surface area contributed by atoms with Crippen molar-refractivity contribution in [1.29, 1.82) is 0 Å². The minimum absolute atomic E-state index is 0.0577. The van der Waals surface area contributed by atoms with Crippen LogP contribution in [0.2, 0.25) is 0 Å². The van der Waals surface area contributed by atoms with E-state index in [4.69, 9.17) is 0 Å². The van der Waals surface area contributed by atoms with Crippen molar-refractivity contribution in [2.45, 2.75) is 25.9 Å². The van der Waals surface area contributed by atoms with Crippen molar-refractivity contribution < 1.29 is 22.8 Å². The first-order valence-electron chi connectivity index (χ1n) is 6.33. The Morgan fingerprint density at radius 3 is 2.43 bits per heavy atom. The number of carbonyl (C=O) groups excluding carboxylic acids is 2. The van der Waals surface area contributed by atoms with Crippen molar-refractivity contribution in [2.24, 2.45) is 5.92 Å². The van der Waals surface area contributed by atoms with Gasteiger partial charge in [-0.05, 0) is 12.8 Å². The second-order valence-corrected chi connectivity index (χ2v) is 4.77. The van der Waals surface area contributed by atoms with Crippen molar-refractivity contribution >= 4 is 17.8 Å². The zero-order chi connectivity index (χ0) is 15.6.